The van der Waals surface area contributed by atoms with Gasteiger partial charge in [-0.1, -0.05) is 72.8 Å². The molecule has 0 saturated heterocycles. The first kappa shape index (κ1) is 19.6. The van der Waals surface area contributed by atoms with E-state index in [4.69, 9.17) is 10.2 Å². The fraction of sp³-hybridized carbons (Fsp3) is 0. The third kappa shape index (κ3) is 4.08. The highest BCUT2D eigenvalue weighted by atomic mass is 16.1. The fourth-order valence-electron chi connectivity index (χ4n) is 2.86. The van der Waals surface area contributed by atoms with Gasteiger partial charge in [-0.3, -0.25) is 0 Å². The quantitative estimate of drug-likeness (QED) is 0.167. The number of hydrogen-bond acceptors (Lipinski definition) is 2. The maximum Gasteiger partial charge on any atom is 0.231 e. The third-order valence-electron chi connectivity index (χ3n) is 3.65. The topological polar surface area (TPSA) is 40.9 Å². The van der Waals surface area contributed by atoms with Crippen LogP contribution in [-0.4, -0.2) is 6.08 Å². The Kier molecular flexibility index (Phi) is 8.08. The normalized spacial score (nSPS) is 8.80. The number of isocyanates is 1. The van der Waals surface area contributed by atoms with Crippen LogP contribution in [0.2, 0.25) is 0 Å². The highest BCUT2D eigenvalue weighted by Crippen LogP contribution is 2.34. The van der Waals surface area contributed by atoms with Gasteiger partial charge in [0.1, 0.15) is 0 Å². The van der Waals surface area contributed by atoms with Crippen molar-refractivity contribution in [1.82, 2.24) is 0 Å². The van der Waals surface area contributed by atoms with Crippen molar-refractivity contribution in [1.29, 1.82) is 5.41 Å². The van der Waals surface area contributed by atoms with E-state index in [1.807, 2.05) is 0 Å². The van der Waals surface area contributed by atoms with Crippen molar-refractivity contribution in [2.45, 2.75) is 0 Å². The molecule has 0 aliphatic rings. The van der Waals surface area contributed by atoms with Gasteiger partial charge in [0.15, 0.2) is 0 Å². The molecular formula is C23H21NO. The van der Waals surface area contributed by atoms with Gasteiger partial charge < -0.3 is 0 Å². The predicted octanol–water partition coefficient (Wildman–Crippen LogP) is 6.65. The van der Waals surface area contributed by atoms with Crippen LogP contribution < -0.4 is 0 Å². The SMILES string of the molecule is C=C.C=C.N=C=O.c1ccc2c(c1)c1ccccc1c1ccccc21. The van der Waals surface area contributed by atoms with Crippen LogP contribution in [0, 0.1) is 5.41 Å². The van der Waals surface area contributed by atoms with Crippen molar-refractivity contribution in [3.63, 3.8) is 0 Å². The van der Waals surface area contributed by atoms with E-state index in [1.54, 1.807) is 0 Å². The molecule has 0 amide bonds. The van der Waals surface area contributed by atoms with Crippen LogP contribution in [0.4, 0.5) is 0 Å². The van der Waals surface area contributed by atoms with Gasteiger partial charge in [0.25, 0.3) is 0 Å². The van der Waals surface area contributed by atoms with Gasteiger partial charge in [0.05, 0.1) is 0 Å². The van der Waals surface area contributed by atoms with E-state index in [9.17, 15) is 0 Å². The summed E-state index contributed by atoms with van der Waals surface area (Å²) in [6.07, 6.45) is 0.750. The summed E-state index contributed by atoms with van der Waals surface area (Å²) < 4.78 is 0. The molecule has 0 radical (unpaired) electrons. The zero-order valence-corrected chi connectivity index (χ0v) is 14.2. The van der Waals surface area contributed by atoms with Crippen LogP contribution in [0.25, 0.3) is 32.3 Å². The summed E-state index contributed by atoms with van der Waals surface area (Å²) in [4.78, 5) is 8.35. The van der Waals surface area contributed by atoms with Gasteiger partial charge in [0.2, 0.25) is 6.08 Å². The number of rotatable bonds is 0. The molecule has 0 aromatic heterocycles. The summed E-state index contributed by atoms with van der Waals surface area (Å²) in [7, 11) is 0. The van der Waals surface area contributed by atoms with Crippen LogP contribution in [0.15, 0.2) is 99.1 Å². The first-order chi connectivity index (χ1) is 12.4. The average Bonchev–Trinajstić information content (AvgIpc) is 2.72. The lowest BCUT2D eigenvalue weighted by Crippen LogP contribution is -1.81. The zero-order chi connectivity index (χ0) is 18.7. The highest BCUT2D eigenvalue weighted by molar-refractivity contribution is 6.25. The van der Waals surface area contributed by atoms with Gasteiger partial charge in [-0.25, -0.2) is 10.2 Å². The Labute approximate surface area is 148 Å². The van der Waals surface area contributed by atoms with Crippen molar-refractivity contribution in [3.05, 3.63) is 99.1 Å². The molecule has 0 fully saturated rings. The minimum Gasteiger partial charge on any atom is -0.222 e. The van der Waals surface area contributed by atoms with Crippen molar-refractivity contribution in [3.8, 4) is 0 Å². The number of benzene rings is 4. The second-order valence-electron chi connectivity index (χ2n) is 4.74. The molecule has 1 N–H and O–H groups in total. The van der Waals surface area contributed by atoms with Gasteiger partial charge >= 0.3 is 0 Å². The molecule has 4 aromatic rings. The average molecular weight is 327 g/mol. The van der Waals surface area contributed by atoms with Crippen LogP contribution in [-0.2, 0) is 4.79 Å². The molecule has 0 saturated carbocycles. The Bertz CT molecular complexity index is 776. The predicted molar refractivity (Wildman–Crippen MR) is 110 cm³/mol. The molecule has 0 bridgehead atoms. The molecule has 0 spiro atoms. The summed E-state index contributed by atoms with van der Waals surface area (Å²) in [5.41, 5.74) is 0. The minimum absolute atomic E-state index is 0.750. The number of nitrogens with one attached hydrogen (secondary N) is 1. The Morgan fingerprint density at radius 2 is 0.640 bits per heavy atom. The maximum atomic E-state index is 8.35. The smallest absolute Gasteiger partial charge is 0.222 e. The second-order valence-corrected chi connectivity index (χ2v) is 4.74. The van der Waals surface area contributed by atoms with Crippen LogP contribution in [0.3, 0.4) is 0 Å². The van der Waals surface area contributed by atoms with E-state index in [0.717, 1.165) is 6.08 Å². The third-order valence-corrected chi connectivity index (χ3v) is 3.65. The van der Waals surface area contributed by atoms with E-state index >= 15 is 0 Å². The molecule has 2 heteroatoms. The van der Waals surface area contributed by atoms with Crippen molar-refractivity contribution < 1.29 is 4.79 Å². The van der Waals surface area contributed by atoms with Gasteiger partial charge in [-0.2, -0.15) is 0 Å². The number of carbonyl (C=O) groups excluding carboxylic acids is 1. The van der Waals surface area contributed by atoms with Crippen LogP contribution in [0.1, 0.15) is 0 Å². The summed E-state index contributed by atoms with van der Waals surface area (Å²) >= 11 is 0. The Hall–Kier alpha value is -3.48. The standard InChI is InChI=1S/C18H12.2C2H4.CHNO/c1-2-8-14-13(7-1)15-9-3-4-11-17(15)18-12-6-5-10-16(14)18;2*1-2;2-1-3/h1-12H;2*1-2H2;2H. The molecule has 0 atom stereocenters. The first-order valence-electron chi connectivity index (χ1n) is 7.69. The molecule has 4 aromatic carbocycles. The summed E-state index contributed by atoms with van der Waals surface area (Å²) in [5.74, 6) is 0. The molecule has 0 unspecified atom stereocenters. The molecule has 4 rings (SSSR count). The second kappa shape index (κ2) is 10.3. The van der Waals surface area contributed by atoms with Crippen molar-refractivity contribution in [2.75, 3.05) is 0 Å². The van der Waals surface area contributed by atoms with E-state index < -0.39 is 0 Å². The monoisotopic (exact) mass is 327 g/mol. The van der Waals surface area contributed by atoms with Crippen LogP contribution >= 0.6 is 0 Å². The maximum absolute atomic E-state index is 8.35. The van der Waals surface area contributed by atoms with Gasteiger partial charge in [-0.05, 0) is 32.3 Å². The molecule has 2 nitrogen and oxygen atoms in total. The lowest BCUT2D eigenvalue weighted by Gasteiger charge is -2.09. The number of fused-ring (bicyclic) bond motifs is 6. The summed E-state index contributed by atoms with van der Waals surface area (Å²) in [5, 5.41) is 13.4. The molecule has 25 heavy (non-hydrogen) atoms. The molecule has 124 valence electrons. The number of hydrogen-bond donors (Lipinski definition) is 1. The summed E-state index contributed by atoms with van der Waals surface area (Å²) in [6, 6.07) is 26.0. The first-order valence-corrected chi connectivity index (χ1v) is 7.69. The van der Waals surface area contributed by atoms with E-state index in [0.29, 0.717) is 0 Å². The van der Waals surface area contributed by atoms with Gasteiger partial charge in [-0.15, -0.1) is 26.3 Å². The largest absolute Gasteiger partial charge is 0.231 e. The van der Waals surface area contributed by atoms with Crippen molar-refractivity contribution in [2.24, 2.45) is 0 Å². The molecule has 0 heterocycles. The Morgan fingerprint density at radius 1 is 0.520 bits per heavy atom. The summed E-state index contributed by atoms with van der Waals surface area (Å²) in [6.45, 7) is 12.0. The lowest BCUT2D eigenvalue weighted by molar-refractivity contribution is 0.563. The molecule has 0 aliphatic heterocycles. The van der Waals surface area contributed by atoms with E-state index in [1.165, 1.54) is 32.3 Å². The highest BCUT2D eigenvalue weighted by Gasteiger charge is 2.06. The minimum atomic E-state index is 0.750. The molecular weight excluding hydrogens is 306 g/mol. The zero-order valence-electron chi connectivity index (χ0n) is 14.2. The lowest BCUT2D eigenvalue weighted by atomic mass is 9.95. The van der Waals surface area contributed by atoms with E-state index in [2.05, 4.69) is 99.1 Å². The van der Waals surface area contributed by atoms with E-state index in [-0.39, 0.29) is 0 Å². The molecule has 0 aliphatic carbocycles. The Morgan fingerprint density at radius 3 is 0.760 bits per heavy atom. The van der Waals surface area contributed by atoms with Gasteiger partial charge in [0, 0.05) is 0 Å². The Balaban J connectivity index is 0.000000397. The fourth-order valence-corrected chi connectivity index (χ4v) is 2.86. The van der Waals surface area contributed by atoms with Crippen LogP contribution in [0.5, 0.6) is 0 Å². The van der Waals surface area contributed by atoms with Crippen molar-refractivity contribution >= 4 is 38.4 Å².